The minimum atomic E-state index is -0.621. The van der Waals surface area contributed by atoms with Crippen molar-refractivity contribution in [3.63, 3.8) is 0 Å². The van der Waals surface area contributed by atoms with Crippen molar-refractivity contribution < 1.29 is 23.9 Å². The third kappa shape index (κ3) is 7.50. The van der Waals surface area contributed by atoms with Crippen molar-refractivity contribution in [1.82, 2.24) is 0 Å². The van der Waals surface area contributed by atoms with E-state index in [4.69, 9.17) is 16.3 Å². The highest BCUT2D eigenvalue weighted by atomic mass is 35.5. The number of carbonyl (C=O) groups is 4. The number of ether oxygens (including phenoxy) is 1. The van der Waals surface area contributed by atoms with Gasteiger partial charge in [-0.1, -0.05) is 18.5 Å². The third-order valence-corrected chi connectivity index (χ3v) is 4.31. The largest absolute Gasteiger partial charge is 0.457 e. The van der Waals surface area contributed by atoms with Crippen LogP contribution in [-0.2, 0) is 14.3 Å². The summed E-state index contributed by atoms with van der Waals surface area (Å²) in [7, 11) is 0. The Kier molecular flexibility index (Phi) is 8.55. The maximum absolute atomic E-state index is 12.1. The second-order valence-electron chi connectivity index (χ2n) is 6.39. The summed E-state index contributed by atoms with van der Waals surface area (Å²) in [6.07, 6.45) is 1.05. The number of esters is 1. The van der Waals surface area contributed by atoms with Crippen LogP contribution in [0.3, 0.4) is 0 Å². The van der Waals surface area contributed by atoms with Crippen LogP contribution < -0.4 is 5.32 Å². The Morgan fingerprint density at radius 3 is 2.03 bits per heavy atom. The minimum Gasteiger partial charge on any atom is -0.457 e. The third-order valence-electron chi connectivity index (χ3n) is 4.05. The molecule has 1 N–H and O–H groups in total. The Bertz CT molecular complexity index is 875. The molecule has 6 nitrogen and oxygen atoms in total. The van der Waals surface area contributed by atoms with Crippen LogP contribution in [0.4, 0.5) is 5.69 Å². The lowest BCUT2D eigenvalue weighted by Crippen LogP contribution is -2.15. The zero-order valence-corrected chi connectivity index (χ0v) is 16.8. The second-order valence-corrected chi connectivity index (χ2v) is 6.83. The van der Waals surface area contributed by atoms with E-state index >= 15 is 0 Å². The summed E-state index contributed by atoms with van der Waals surface area (Å²) in [5.74, 6) is -1.28. The molecule has 0 atom stereocenters. The summed E-state index contributed by atoms with van der Waals surface area (Å²) in [6.45, 7) is 1.51. The first-order chi connectivity index (χ1) is 13.9. The summed E-state index contributed by atoms with van der Waals surface area (Å²) in [5, 5.41) is 3.25. The normalized spacial score (nSPS) is 10.3. The van der Waals surface area contributed by atoms with E-state index in [1.165, 1.54) is 0 Å². The van der Waals surface area contributed by atoms with Crippen LogP contribution in [0.1, 0.15) is 53.3 Å². The number of nitrogens with one attached hydrogen (secondary N) is 1. The smallest absolute Gasteiger partial charge is 0.306 e. The summed E-state index contributed by atoms with van der Waals surface area (Å²) in [5.41, 5.74) is 1.42. The molecule has 0 radical (unpaired) electrons. The van der Waals surface area contributed by atoms with Gasteiger partial charge < -0.3 is 10.1 Å². The highest BCUT2D eigenvalue weighted by Gasteiger charge is 2.13. The fourth-order valence-electron chi connectivity index (χ4n) is 2.49. The van der Waals surface area contributed by atoms with E-state index < -0.39 is 12.6 Å². The molecule has 7 heteroatoms. The molecule has 0 fully saturated rings. The first kappa shape index (κ1) is 22.3. The molecule has 0 aliphatic heterocycles. The molecule has 0 aliphatic carbocycles. The van der Waals surface area contributed by atoms with Gasteiger partial charge in [0.15, 0.2) is 18.2 Å². The second kappa shape index (κ2) is 11.1. The van der Waals surface area contributed by atoms with Crippen LogP contribution in [0, 0.1) is 0 Å². The predicted molar refractivity (Wildman–Crippen MR) is 110 cm³/mol. The lowest BCUT2D eigenvalue weighted by Gasteiger charge is -2.07. The number of hydrogen-bond donors (Lipinski definition) is 1. The molecule has 2 aromatic rings. The first-order valence-electron chi connectivity index (χ1n) is 9.26. The van der Waals surface area contributed by atoms with Gasteiger partial charge >= 0.3 is 5.97 Å². The standard InChI is InChI=1S/C22H22ClNO5/c1-2-3-21(27)24-18-10-6-16(7-11-18)20(26)14-29-22(28)13-12-19(25)15-4-8-17(23)9-5-15/h4-11H,2-3,12-14H2,1H3,(H,24,27). The monoisotopic (exact) mass is 415 g/mol. The van der Waals surface area contributed by atoms with Crippen LogP contribution in [-0.4, -0.2) is 30.0 Å². The number of Topliss-reactive ketones (excluding diaryl/α,β-unsaturated/α-hetero) is 2. The molecule has 0 saturated heterocycles. The van der Waals surface area contributed by atoms with Crippen molar-refractivity contribution in [3.05, 3.63) is 64.7 Å². The van der Waals surface area contributed by atoms with Gasteiger partial charge in [-0.25, -0.2) is 0 Å². The quantitative estimate of drug-likeness (QED) is 0.456. The van der Waals surface area contributed by atoms with Crippen molar-refractivity contribution in [3.8, 4) is 0 Å². The molecule has 0 spiro atoms. The van der Waals surface area contributed by atoms with Crippen molar-refractivity contribution in [2.24, 2.45) is 0 Å². The number of hydrogen-bond acceptors (Lipinski definition) is 5. The number of carbonyl (C=O) groups excluding carboxylic acids is 4. The van der Waals surface area contributed by atoms with Crippen molar-refractivity contribution in [2.75, 3.05) is 11.9 Å². The van der Waals surface area contributed by atoms with E-state index in [9.17, 15) is 19.2 Å². The summed E-state index contributed by atoms with van der Waals surface area (Å²) >= 11 is 5.77. The Balaban J connectivity index is 1.76. The molecule has 152 valence electrons. The predicted octanol–water partition coefficient (Wildman–Crippen LogP) is 4.47. The number of ketones is 2. The molecule has 0 bridgehead atoms. The highest BCUT2D eigenvalue weighted by molar-refractivity contribution is 6.30. The maximum atomic E-state index is 12.1. The van der Waals surface area contributed by atoms with Crippen LogP contribution >= 0.6 is 11.6 Å². The van der Waals surface area contributed by atoms with Crippen LogP contribution in [0.2, 0.25) is 5.02 Å². The van der Waals surface area contributed by atoms with Gasteiger partial charge in [0.25, 0.3) is 0 Å². The topological polar surface area (TPSA) is 89.5 Å². The SMILES string of the molecule is CCCC(=O)Nc1ccc(C(=O)COC(=O)CCC(=O)c2ccc(Cl)cc2)cc1. The molecule has 2 rings (SSSR count). The van der Waals surface area contributed by atoms with Crippen molar-refractivity contribution in [1.29, 1.82) is 0 Å². The fourth-order valence-corrected chi connectivity index (χ4v) is 2.61. The Morgan fingerprint density at radius 1 is 0.828 bits per heavy atom. The number of amides is 1. The maximum Gasteiger partial charge on any atom is 0.306 e. The molecule has 29 heavy (non-hydrogen) atoms. The van der Waals surface area contributed by atoms with Crippen molar-refractivity contribution in [2.45, 2.75) is 32.6 Å². The highest BCUT2D eigenvalue weighted by Crippen LogP contribution is 2.13. The average Bonchev–Trinajstić information content (AvgIpc) is 2.71. The fraction of sp³-hybridized carbons (Fsp3) is 0.273. The molecular formula is C22H22ClNO5. The van der Waals surface area contributed by atoms with Crippen LogP contribution in [0.15, 0.2) is 48.5 Å². The zero-order chi connectivity index (χ0) is 21.2. The summed E-state index contributed by atoms with van der Waals surface area (Å²) in [6, 6.07) is 12.7. The van der Waals surface area contributed by atoms with E-state index in [2.05, 4.69) is 5.32 Å². The number of anilines is 1. The lowest BCUT2D eigenvalue weighted by molar-refractivity contribution is -0.142. The average molecular weight is 416 g/mol. The van der Waals surface area contributed by atoms with E-state index in [1.54, 1.807) is 48.5 Å². The molecule has 1 amide bonds. The van der Waals surface area contributed by atoms with Gasteiger partial charge in [-0.2, -0.15) is 0 Å². The van der Waals surface area contributed by atoms with Gasteiger partial charge in [0, 0.05) is 34.7 Å². The lowest BCUT2D eigenvalue weighted by atomic mass is 10.1. The van der Waals surface area contributed by atoms with Gasteiger partial charge in [-0.05, 0) is 55.0 Å². The van der Waals surface area contributed by atoms with Gasteiger partial charge in [0.2, 0.25) is 5.91 Å². The molecule has 0 saturated carbocycles. The minimum absolute atomic E-state index is 0.0131. The molecule has 0 heterocycles. The Hall–Kier alpha value is -2.99. The van der Waals surface area contributed by atoms with Gasteiger partial charge in [0.1, 0.15) is 0 Å². The molecule has 0 aliphatic rings. The van der Waals surface area contributed by atoms with Crippen molar-refractivity contribution >= 4 is 40.7 Å². The first-order valence-corrected chi connectivity index (χ1v) is 9.64. The molecular weight excluding hydrogens is 394 g/mol. The van der Waals surface area contributed by atoms with Crippen LogP contribution in [0.5, 0.6) is 0 Å². The van der Waals surface area contributed by atoms with E-state index in [-0.39, 0.29) is 30.3 Å². The van der Waals surface area contributed by atoms with Crippen LogP contribution in [0.25, 0.3) is 0 Å². The zero-order valence-electron chi connectivity index (χ0n) is 16.1. The van der Waals surface area contributed by atoms with Gasteiger partial charge in [-0.15, -0.1) is 0 Å². The Morgan fingerprint density at radius 2 is 1.41 bits per heavy atom. The van der Waals surface area contributed by atoms with Gasteiger partial charge in [0.05, 0.1) is 6.42 Å². The summed E-state index contributed by atoms with van der Waals surface area (Å²) < 4.78 is 4.96. The Labute approximate surface area is 174 Å². The number of rotatable bonds is 10. The van der Waals surface area contributed by atoms with Gasteiger partial charge in [-0.3, -0.25) is 19.2 Å². The molecule has 0 unspecified atom stereocenters. The molecule has 2 aromatic carbocycles. The van der Waals surface area contributed by atoms with E-state index in [1.807, 2.05) is 6.92 Å². The van der Waals surface area contributed by atoms with E-state index in [0.717, 1.165) is 6.42 Å². The van der Waals surface area contributed by atoms with E-state index in [0.29, 0.717) is 28.3 Å². The molecule has 0 aromatic heterocycles. The summed E-state index contributed by atoms with van der Waals surface area (Å²) in [4.78, 5) is 47.5. The number of benzene rings is 2. The number of halogens is 1.